The Hall–Kier alpha value is -0.990. The molecule has 0 aliphatic heterocycles. The summed E-state index contributed by atoms with van der Waals surface area (Å²) >= 11 is 3.06. The van der Waals surface area contributed by atoms with Crippen molar-refractivity contribution in [1.82, 2.24) is 14.8 Å². The van der Waals surface area contributed by atoms with E-state index in [0.717, 1.165) is 0 Å². The fourth-order valence-electron chi connectivity index (χ4n) is 1.60. The van der Waals surface area contributed by atoms with Crippen molar-refractivity contribution < 1.29 is 12.8 Å². The fraction of sp³-hybridized carbons (Fsp3) is 0.200. The monoisotopic (exact) mass is 367 g/mol. The second-order valence-electron chi connectivity index (χ2n) is 3.62. The normalized spacial score (nSPS) is 11.8. The molecule has 0 aliphatic carbocycles. The van der Waals surface area contributed by atoms with Crippen LogP contribution >= 0.6 is 26.6 Å². The molecule has 0 bridgehead atoms. The number of hydrogen-bond donors (Lipinski definition) is 0. The molecule has 0 saturated heterocycles. The quantitative estimate of drug-likeness (QED) is 0.782. The first kappa shape index (κ1) is 14.4. The van der Waals surface area contributed by atoms with Crippen molar-refractivity contribution in [3.63, 3.8) is 0 Å². The van der Waals surface area contributed by atoms with Gasteiger partial charge in [0.25, 0.3) is 14.2 Å². The van der Waals surface area contributed by atoms with Crippen LogP contribution in [0, 0.1) is 5.82 Å². The molecule has 0 spiro atoms. The van der Waals surface area contributed by atoms with Crippen molar-refractivity contribution in [2.45, 2.75) is 18.6 Å². The molecule has 1 heterocycles. The van der Waals surface area contributed by atoms with Crippen LogP contribution in [0.25, 0.3) is 11.4 Å². The summed E-state index contributed by atoms with van der Waals surface area (Å²) in [4.78, 5) is 0. The van der Waals surface area contributed by atoms with Gasteiger partial charge in [0.15, 0.2) is 5.82 Å². The van der Waals surface area contributed by atoms with Gasteiger partial charge in [0.1, 0.15) is 5.82 Å². The topological polar surface area (TPSA) is 64.8 Å². The third-order valence-electron chi connectivity index (χ3n) is 2.43. The van der Waals surface area contributed by atoms with Crippen LogP contribution in [0.4, 0.5) is 4.39 Å². The van der Waals surface area contributed by atoms with Crippen molar-refractivity contribution in [1.29, 1.82) is 0 Å². The maximum Gasteiger partial charge on any atom is 0.296 e. The number of benzene rings is 1. The molecule has 0 N–H and O–H groups in total. The van der Waals surface area contributed by atoms with E-state index in [1.165, 1.54) is 22.8 Å². The number of halogens is 3. The molecule has 0 unspecified atom stereocenters. The summed E-state index contributed by atoms with van der Waals surface area (Å²) in [6, 6.07) is 4.24. The van der Waals surface area contributed by atoms with E-state index < -0.39 is 14.9 Å². The molecular formula is C10H8BrClFN3O2S. The van der Waals surface area contributed by atoms with E-state index >= 15 is 0 Å². The smallest absolute Gasteiger partial charge is 0.296 e. The summed E-state index contributed by atoms with van der Waals surface area (Å²) in [6.07, 6.45) is 0. The maximum atomic E-state index is 13.2. The predicted molar refractivity (Wildman–Crippen MR) is 71.8 cm³/mol. The molecule has 5 nitrogen and oxygen atoms in total. The van der Waals surface area contributed by atoms with Gasteiger partial charge in [-0.05, 0) is 41.1 Å². The van der Waals surface area contributed by atoms with Gasteiger partial charge in [-0.15, -0.1) is 10.2 Å². The second kappa shape index (κ2) is 5.18. The SMILES string of the molecule is CCn1c(-c2ccc(F)c(Br)c2)nnc1S(=O)(=O)Cl. The Kier molecular flexibility index (Phi) is 3.93. The highest BCUT2D eigenvalue weighted by Gasteiger charge is 2.22. The molecule has 9 heteroatoms. The van der Waals surface area contributed by atoms with Gasteiger partial charge in [-0.3, -0.25) is 4.57 Å². The van der Waals surface area contributed by atoms with Crippen molar-refractivity contribution >= 4 is 35.7 Å². The Morgan fingerprint density at radius 1 is 1.42 bits per heavy atom. The minimum atomic E-state index is -3.98. The first-order valence-corrected chi connectivity index (χ1v) is 8.28. The van der Waals surface area contributed by atoms with Gasteiger partial charge >= 0.3 is 0 Å². The Morgan fingerprint density at radius 3 is 2.63 bits per heavy atom. The fourth-order valence-corrected chi connectivity index (χ4v) is 2.94. The first-order chi connectivity index (χ1) is 8.84. The third-order valence-corrected chi connectivity index (χ3v) is 4.19. The summed E-state index contributed by atoms with van der Waals surface area (Å²) < 4.78 is 37.5. The molecule has 0 aliphatic rings. The molecule has 2 aromatic rings. The van der Waals surface area contributed by atoms with Crippen LogP contribution in [0.2, 0.25) is 0 Å². The lowest BCUT2D eigenvalue weighted by Gasteiger charge is -2.06. The van der Waals surface area contributed by atoms with Gasteiger partial charge in [-0.1, -0.05) is 0 Å². The first-order valence-electron chi connectivity index (χ1n) is 5.18. The summed E-state index contributed by atoms with van der Waals surface area (Å²) in [6.45, 7) is 2.05. The van der Waals surface area contributed by atoms with Crippen LogP contribution in [0.5, 0.6) is 0 Å². The van der Waals surface area contributed by atoms with Crippen LogP contribution in [0.1, 0.15) is 6.92 Å². The minimum absolute atomic E-state index is 0.255. The van der Waals surface area contributed by atoms with Crippen molar-refractivity contribution in [3.8, 4) is 11.4 Å². The molecule has 2 rings (SSSR count). The lowest BCUT2D eigenvalue weighted by atomic mass is 10.2. The minimum Gasteiger partial charge on any atom is -0.297 e. The molecule has 0 amide bonds. The van der Waals surface area contributed by atoms with Gasteiger partial charge in [-0.25, -0.2) is 12.8 Å². The average Bonchev–Trinajstić information content (AvgIpc) is 2.76. The molecule has 0 atom stereocenters. The number of nitrogens with zero attached hydrogens (tertiary/aromatic N) is 3. The maximum absolute atomic E-state index is 13.2. The van der Waals surface area contributed by atoms with E-state index in [-0.39, 0.29) is 9.63 Å². The second-order valence-corrected chi connectivity index (χ2v) is 6.93. The molecule has 1 aromatic heterocycles. The molecular weight excluding hydrogens is 361 g/mol. The largest absolute Gasteiger partial charge is 0.297 e. The predicted octanol–water partition coefficient (Wildman–Crippen LogP) is 2.79. The molecule has 0 saturated carbocycles. The zero-order chi connectivity index (χ0) is 14.2. The van der Waals surface area contributed by atoms with Crippen molar-refractivity contribution in [2.24, 2.45) is 0 Å². The number of hydrogen-bond acceptors (Lipinski definition) is 4. The highest BCUT2D eigenvalue weighted by Crippen LogP contribution is 2.26. The van der Waals surface area contributed by atoms with Crippen LogP contribution < -0.4 is 0 Å². The highest BCUT2D eigenvalue weighted by molar-refractivity contribution is 9.10. The summed E-state index contributed by atoms with van der Waals surface area (Å²) in [7, 11) is 1.30. The Morgan fingerprint density at radius 2 is 2.11 bits per heavy atom. The van der Waals surface area contributed by atoms with Crippen LogP contribution in [0.3, 0.4) is 0 Å². The van der Waals surface area contributed by atoms with E-state index in [2.05, 4.69) is 26.1 Å². The van der Waals surface area contributed by atoms with Crippen molar-refractivity contribution in [2.75, 3.05) is 0 Å². The molecule has 19 heavy (non-hydrogen) atoms. The van der Waals surface area contributed by atoms with Gasteiger partial charge in [0.05, 0.1) is 4.47 Å². The summed E-state index contributed by atoms with van der Waals surface area (Å²) in [5.41, 5.74) is 0.536. The zero-order valence-electron chi connectivity index (χ0n) is 9.64. The van der Waals surface area contributed by atoms with E-state index in [9.17, 15) is 12.8 Å². The molecule has 102 valence electrons. The van der Waals surface area contributed by atoms with Gasteiger partial charge in [0, 0.05) is 22.8 Å². The molecule has 0 fully saturated rings. The Bertz CT molecular complexity index is 732. The van der Waals surface area contributed by atoms with Crippen LogP contribution in [0.15, 0.2) is 27.8 Å². The van der Waals surface area contributed by atoms with E-state index in [4.69, 9.17) is 10.7 Å². The van der Waals surface area contributed by atoms with Crippen LogP contribution in [-0.2, 0) is 15.6 Å². The molecule has 0 radical (unpaired) electrons. The lowest BCUT2D eigenvalue weighted by molar-refractivity contribution is 0.582. The highest BCUT2D eigenvalue weighted by atomic mass is 79.9. The third kappa shape index (κ3) is 2.80. The summed E-state index contributed by atoms with van der Waals surface area (Å²) in [5, 5.41) is 7.04. The zero-order valence-corrected chi connectivity index (χ0v) is 12.8. The van der Waals surface area contributed by atoms with Gasteiger partial charge in [-0.2, -0.15) is 0 Å². The van der Waals surface area contributed by atoms with Gasteiger partial charge < -0.3 is 0 Å². The summed E-state index contributed by atoms with van der Waals surface area (Å²) in [5.74, 6) is -0.112. The number of aromatic nitrogens is 3. The molecule has 1 aromatic carbocycles. The van der Waals surface area contributed by atoms with Crippen LogP contribution in [-0.4, -0.2) is 23.2 Å². The average molecular weight is 369 g/mol. The van der Waals surface area contributed by atoms with E-state index in [1.807, 2.05) is 0 Å². The van der Waals surface area contributed by atoms with E-state index in [0.29, 0.717) is 17.9 Å². The van der Waals surface area contributed by atoms with Gasteiger partial charge in [0.2, 0.25) is 0 Å². The Labute approximate surface area is 122 Å². The number of rotatable bonds is 3. The standard InChI is InChI=1S/C10H8BrClFN3O2S/c1-2-16-9(14-15-10(16)19(12,17)18)6-3-4-8(13)7(11)5-6/h3-5H,2H2,1H3. The van der Waals surface area contributed by atoms with E-state index in [1.54, 1.807) is 6.92 Å². The van der Waals surface area contributed by atoms with Crippen molar-refractivity contribution in [3.05, 3.63) is 28.5 Å². The lowest BCUT2D eigenvalue weighted by Crippen LogP contribution is -2.06. The Balaban J connectivity index is 2.63.